The van der Waals surface area contributed by atoms with Crippen LogP contribution in [0.25, 0.3) is 0 Å². The van der Waals surface area contributed by atoms with Crippen molar-refractivity contribution in [1.29, 1.82) is 0 Å². The van der Waals surface area contributed by atoms with Gasteiger partial charge in [-0.2, -0.15) is 0 Å². The Balaban J connectivity index is 2.07. The van der Waals surface area contributed by atoms with E-state index >= 15 is 0 Å². The number of esters is 1. The van der Waals surface area contributed by atoms with Crippen molar-refractivity contribution in [1.82, 2.24) is 4.90 Å². The first kappa shape index (κ1) is 16.6. The molecule has 1 atom stereocenters. The van der Waals surface area contributed by atoms with E-state index in [-0.39, 0.29) is 17.6 Å². The molecule has 0 aliphatic carbocycles. The first-order chi connectivity index (χ1) is 10.5. The summed E-state index contributed by atoms with van der Waals surface area (Å²) in [7, 11) is 1.55. The third-order valence-corrected chi connectivity index (χ3v) is 4.04. The molecule has 2 rings (SSSR count). The quantitative estimate of drug-likeness (QED) is 0.847. The normalized spacial score (nSPS) is 19.0. The molecule has 1 heterocycles. The summed E-state index contributed by atoms with van der Waals surface area (Å²) >= 11 is 0. The van der Waals surface area contributed by atoms with Crippen LogP contribution in [0.4, 0.5) is 0 Å². The number of methoxy groups -OCH3 is 1. The fourth-order valence-electron chi connectivity index (χ4n) is 2.99. The van der Waals surface area contributed by atoms with E-state index in [2.05, 4.69) is 4.90 Å². The van der Waals surface area contributed by atoms with Gasteiger partial charge in [-0.15, -0.1) is 0 Å². The van der Waals surface area contributed by atoms with Gasteiger partial charge in [-0.05, 0) is 44.9 Å². The molecular formula is C17H25NO4. The number of hydrogen-bond donors (Lipinski definition) is 1. The molecule has 0 saturated carbocycles. The van der Waals surface area contributed by atoms with Crippen LogP contribution >= 0.6 is 0 Å². The lowest BCUT2D eigenvalue weighted by atomic mass is 9.97. The molecule has 5 heteroatoms. The van der Waals surface area contributed by atoms with E-state index in [9.17, 15) is 9.90 Å². The number of carbonyl (C=O) groups is 1. The number of aromatic hydroxyl groups is 1. The number of benzene rings is 1. The molecule has 1 unspecified atom stereocenters. The van der Waals surface area contributed by atoms with E-state index in [0.29, 0.717) is 25.4 Å². The van der Waals surface area contributed by atoms with E-state index in [0.717, 1.165) is 30.5 Å². The van der Waals surface area contributed by atoms with Crippen LogP contribution in [0.3, 0.4) is 0 Å². The van der Waals surface area contributed by atoms with E-state index in [1.54, 1.807) is 7.11 Å². The number of ether oxygens (including phenoxy) is 2. The third-order valence-electron chi connectivity index (χ3n) is 4.04. The first-order valence-corrected chi connectivity index (χ1v) is 7.80. The minimum atomic E-state index is -0.113. The van der Waals surface area contributed by atoms with Crippen molar-refractivity contribution in [3.63, 3.8) is 0 Å². The molecule has 1 aromatic carbocycles. The number of phenolic OH excluding ortho intramolecular Hbond substituents is 1. The Labute approximate surface area is 131 Å². The van der Waals surface area contributed by atoms with Gasteiger partial charge in [0.1, 0.15) is 0 Å². The van der Waals surface area contributed by atoms with Gasteiger partial charge in [-0.3, -0.25) is 9.69 Å². The van der Waals surface area contributed by atoms with Crippen LogP contribution in [0.2, 0.25) is 0 Å². The number of aryl methyl sites for hydroxylation is 1. The van der Waals surface area contributed by atoms with Crippen molar-refractivity contribution >= 4 is 5.97 Å². The summed E-state index contributed by atoms with van der Waals surface area (Å²) in [4.78, 5) is 14.1. The fourth-order valence-corrected chi connectivity index (χ4v) is 2.99. The maximum absolute atomic E-state index is 11.9. The molecule has 0 aromatic heterocycles. The SMILES string of the molecule is CCOC(=O)C1CCCN(Cc2cc(C)cc(OC)c2O)C1. The van der Waals surface area contributed by atoms with Gasteiger partial charge < -0.3 is 14.6 Å². The van der Waals surface area contributed by atoms with Gasteiger partial charge in [-0.1, -0.05) is 6.07 Å². The van der Waals surface area contributed by atoms with E-state index in [4.69, 9.17) is 9.47 Å². The number of piperidine rings is 1. The van der Waals surface area contributed by atoms with Gasteiger partial charge in [-0.25, -0.2) is 0 Å². The van der Waals surface area contributed by atoms with E-state index in [1.807, 2.05) is 26.0 Å². The second-order valence-corrected chi connectivity index (χ2v) is 5.80. The maximum atomic E-state index is 11.9. The standard InChI is InChI=1S/C17H25NO4/c1-4-22-17(20)13-6-5-7-18(10-13)11-14-8-12(2)9-15(21-3)16(14)19/h8-9,13,19H,4-7,10-11H2,1-3H3. The summed E-state index contributed by atoms with van der Waals surface area (Å²) in [6.07, 6.45) is 1.84. The minimum Gasteiger partial charge on any atom is -0.504 e. The molecule has 1 N–H and O–H groups in total. The number of likely N-dealkylation sites (tertiary alicyclic amines) is 1. The average Bonchev–Trinajstić information content (AvgIpc) is 2.51. The lowest BCUT2D eigenvalue weighted by Crippen LogP contribution is -2.38. The summed E-state index contributed by atoms with van der Waals surface area (Å²) in [5, 5.41) is 10.3. The highest BCUT2D eigenvalue weighted by atomic mass is 16.5. The predicted molar refractivity (Wildman–Crippen MR) is 84.0 cm³/mol. The Morgan fingerprint density at radius 2 is 2.23 bits per heavy atom. The van der Waals surface area contributed by atoms with Crippen LogP contribution in [-0.2, 0) is 16.1 Å². The number of nitrogens with zero attached hydrogens (tertiary/aromatic N) is 1. The van der Waals surface area contributed by atoms with Gasteiger partial charge in [0.2, 0.25) is 0 Å². The Morgan fingerprint density at radius 1 is 1.45 bits per heavy atom. The molecular weight excluding hydrogens is 282 g/mol. The Kier molecular flexibility index (Phi) is 5.66. The van der Waals surface area contributed by atoms with Crippen LogP contribution in [0.15, 0.2) is 12.1 Å². The number of carbonyl (C=O) groups excluding carboxylic acids is 1. The maximum Gasteiger partial charge on any atom is 0.310 e. The van der Waals surface area contributed by atoms with Crippen LogP contribution < -0.4 is 4.74 Å². The number of phenols is 1. The number of rotatable bonds is 5. The molecule has 122 valence electrons. The lowest BCUT2D eigenvalue weighted by molar-refractivity contribution is -0.150. The Morgan fingerprint density at radius 3 is 2.91 bits per heavy atom. The van der Waals surface area contributed by atoms with Crippen molar-refractivity contribution in [3.05, 3.63) is 23.3 Å². The van der Waals surface area contributed by atoms with Crippen molar-refractivity contribution in [2.24, 2.45) is 5.92 Å². The van der Waals surface area contributed by atoms with Crippen molar-refractivity contribution in [3.8, 4) is 11.5 Å². The van der Waals surface area contributed by atoms with Crippen molar-refractivity contribution < 1.29 is 19.4 Å². The lowest BCUT2D eigenvalue weighted by Gasteiger charge is -2.31. The van der Waals surface area contributed by atoms with Gasteiger partial charge in [0.25, 0.3) is 0 Å². The monoisotopic (exact) mass is 307 g/mol. The van der Waals surface area contributed by atoms with E-state index < -0.39 is 0 Å². The highest BCUT2D eigenvalue weighted by molar-refractivity contribution is 5.72. The number of hydrogen-bond acceptors (Lipinski definition) is 5. The first-order valence-electron chi connectivity index (χ1n) is 7.80. The minimum absolute atomic E-state index is 0.0671. The Hall–Kier alpha value is -1.75. The molecule has 0 amide bonds. The fraction of sp³-hybridized carbons (Fsp3) is 0.588. The molecule has 1 saturated heterocycles. The molecule has 1 aliphatic rings. The van der Waals surface area contributed by atoms with Gasteiger partial charge in [0.05, 0.1) is 19.6 Å². The highest BCUT2D eigenvalue weighted by Crippen LogP contribution is 2.33. The molecule has 0 radical (unpaired) electrons. The van der Waals surface area contributed by atoms with Gasteiger partial charge in [0.15, 0.2) is 11.5 Å². The van der Waals surface area contributed by atoms with E-state index in [1.165, 1.54) is 0 Å². The van der Waals surface area contributed by atoms with Crippen LogP contribution in [0.1, 0.15) is 30.9 Å². The van der Waals surface area contributed by atoms with Crippen molar-refractivity contribution in [2.75, 3.05) is 26.8 Å². The van der Waals surface area contributed by atoms with Crippen LogP contribution in [0, 0.1) is 12.8 Å². The zero-order chi connectivity index (χ0) is 16.1. The van der Waals surface area contributed by atoms with Crippen LogP contribution in [0.5, 0.6) is 11.5 Å². The summed E-state index contributed by atoms with van der Waals surface area (Å²) in [5.74, 6) is 0.501. The smallest absolute Gasteiger partial charge is 0.310 e. The summed E-state index contributed by atoms with van der Waals surface area (Å²) in [5.41, 5.74) is 1.88. The predicted octanol–water partition coefficient (Wildman–Crippen LogP) is 2.48. The summed E-state index contributed by atoms with van der Waals surface area (Å²) in [6.45, 7) is 6.43. The van der Waals surface area contributed by atoms with Crippen molar-refractivity contribution in [2.45, 2.75) is 33.2 Å². The summed E-state index contributed by atoms with van der Waals surface area (Å²) in [6, 6.07) is 3.78. The van der Waals surface area contributed by atoms with Gasteiger partial charge >= 0.3 is 5.97 Å². The molecule has 5 nitrogen and oxygen atoms in total. The molecule has 0 bridgehead atoms. The summed E-state index contributed by atoms with van der Waals surface area (Å²) < 4.78 is 10.3. The topological polar surface area (TPSA) is 59.0 Å². The zero-order valence-electron chi connectivity index (χ0n) is 13.6. The molecule has 1 fully saturated rings. The largest absolute Gasteiger partial charge is 0.504 e. The second-order valence-electron chi connectivity index (χ2n) is 5.80. The average molecular weight is 307 g/mol. The molecule has 0 spiro atoms. The van der Waals surface area contributed by atoms with Crippen LogP contribution in [-0.4, -0.2) is 42.8 Å². The molecule has 22 heavy (non-hydrogen) atoms. The second kappa shape index (κ2) is 7.49. The van der Waals surface area contributed by atoms with Gasteiger partial charge in [0, 0.05) is 18.7 Å². The highest BCUT2D eigenvalue weighted by Gasteiger charge is 2.27. The Bertz CT molecular complexity index is 530. The molecule has 1 aliphatic heterocycles. The molecule has 1 aromatic rings. The third kappa shape index (κ3) is 3.91. The zero-order valence-corrected chi connectivity index (χ0v) is 13.6.